The highest BCUT2D eigenvalue weighted by Crippen LogP contribution is 2.24. The average molecular weight is 406 g/mol. The van der Waals surface area contributed by atoms with Crippen LogP contribution in [0.3, 0.4) is 0 Å². The molecule has 4 aromatic rings. The van der Waals surface area contributed by atoms with Gasteiger partial charge in [0, 0.05) is 28.6 Å². The standard InChI is InChI=1S/C20H18N6O2S/c1-12-17(18(19(21)27)25-24-12)23-20(28)13-5-7-15(8-6-13)29-11-14-10-26-9-3-2-4-16(26)22-14/h2-10H,11H2,1H3,(H2,21,27)(H,23,28)(H,24,25). The number of nitrogens with zero attached hydrogens (tertiary/aromatic N) is 3. The summed E-state index contributed by atoms with van der Waals surface area (Å²) < 4.78 is 1.99. The number of nitrogens with one attached hydrogen (secondary N) is 2. The molecule has 0 radical (unpaired) electrons. The zero-order valence-corrected chi connectivity index (χ0v) is 16.4. The number of fused-ring (bicyclic) bond motifs is 1. The van der Waals surface area contributed by atoms with Crippen LogP contribution in [0.5, 0.6) is 0 Å². The summed E-state index contributed by atoms with van der Waals surface area (Å²) in [5.74, 6) is -0.319. The number of rotatable bonds is 6. The molecule has 3 heterocycles. The Morgan fingerprint density at radius 1 is 1.21 bits per heavy atom. The molecule has 2 amide bonds. The summed E-state index contributed by atoms with van der Waals surface area (Å²) >= 11 is 1.64. The van der Waals surface area contributed by atoms with E-state index in [0.29, 0.717) is 16.9 Å². The maximum atomic E-state index is 12.5. The topological polar surface area (TPSA) is 118 Å². The Labute approximate surface area is 170 Å². The van der Waals surface area contributed by atoms with Crippen molar-refractivity contribution in [3.63, 3.8) is 0 Å². The zero-order valence-electron chi connectivity index (χ0n) is 15.5. The van der Waals surface area contributed by atoms with Gasteiger partial charge in [0.2, 0.25) is 0 Å². The van der Waals surface area contributed by atoms with Gasteiger partial charge < -0.3 is 15.5 Å². The number of thioether (sulfide) groups is 1. The highest BCUT2D eigenvalue weighted by atomic mass is 32.2. The fourth-order valence-corrected chi connectivity index (χ4v) is 3.64. The lowest BCUT2D eigenvalue weighted by molar-refractivity contribution is 0.0996. The van der Waals surface area contributed by atoms with Crippen LogP contribution in [0.4, 0.5) is 5.69 Å². The molecule has 0 fully saturated rings. The number of aromatic amines is 1. The van der Waals surface area contributed by atoms with E-state index >= 15 is 0 Å². The smallest absolute Gasteiger partial charge is 0.271 e. The van der Waals surface area contributed by atoms with E-state index in [1.807, 2.05) is 47.1 Å². The van der Waals surface area contributed by atoms with Gasteiger partial charge in [0.15, 0.2) is 5.69 Å². The third kappa shape index (κ3) is 3.99. The predicted octanol–water partition coefficient (Wildman–Crippen LogP) is 3.01. The molecule has 0 aliphatic heterocycles. The van der Waals surface area contributed by atoms with E-state index in [-0.39, 0.29) is 11.6 Å². The lowest BCUT2D eigenvalue weighted by atomic mass is 10.2. The third-order valence-electron chi connectivity index (χ3n) is 4.34. The van der Waals surface area contributed by atoms with Crippen LogP contribution in [0.1, 0.15) is 32.2 Å². The summed E-state index contributed by atoms with van der Waals surface area (Å²) in [6, 6.07) is 13.1. The van der Waals surface area contributed by atoms with Crippen LogP contribution in [0.25, 0.3) is 5.65 Å². The number of benzene rings is 1. The summed E-state index contributed by atoms with van der Waals surface area (Å²) in [6.07, 6.45) is 3.98. The van der Waals surface area contributed by atoms with E-state index in [9.17, 15) is 9.59 Å². The van der Waals surface area contributed by atoms with Crippen molar-refractivity contribution < 1.29 is 9.59 Å². The molecular formula is C20H18N6O2S. The molecule has 0 saturated heterocycles. The maximum Gasteiger partial charge on any atom is 0.271 e. The van der Waals surface area contributed by atoms with Gasteiger partial charge in [0.1, 0.15) is 5.65 Å². The minimum Gasteiger partial charge on any atom is -0.364 e. The largest absolute Gasteiger partial charge is 0.364 e. The van der Waals surface area contributed by atoms with Gasteiger partial charge in [-0.2, -0.15) is 5.10 Å². The van der Waals surface area contributed by atoms with Gasteiger partial charge in [-0.25, -0.2) is 4.98 Å². The second-order valence-corrected chi connectivity index (χ2v) is 7.45. The van der Waals surface area contributed by atoms with Gasteiger partial charge in [-0.1, -0.05) is 6.07 Å². The van der Waals surface area contributed by atoms with Crippen molar-refractivity contribution in [1.29, 1.82) is 0 Å². The SMILES string of the molecule is Cc1[nH]nc(C(N)=O)c1NC(=O)c1ccc(SCc2cn3ccccc3n2)cc1. The normalized spacial score (nSPS) is 10.9. The number of carbonyl (C=O) groups is 2. The van der Waals surface area contributed by atoms with Crippen molar-refractivity contribution in [3.05, 3.63) is 77.5 Å². The molecule has 8 nitrogen and oxygen atoms in total. The van der Waals surface area contributed by atoms with Gasteiger partial charge in [0.25, 0.3) is 11.8 Å². The molecule has 4 N–H and O–H groups in total. The molecule has 3 aromatic heterocycles. The highest BCUT2D eigenvalue weighted by molar-refractivity contribution is 7.98. The minimum absolute atomic E-state index is 0.00970. The Morgan fingerprint density at radius 3 is 2.72 bits per heavy atom. The van der Waals surface area contributed by atoms with E-state index in [4.69, 9.17) is 5.73 Å². The fourth-order valence-electron chi connectivity index (χ4n) is 2.86. The van der Waals surface area contributed by atoms with Gasteiger partial charge >= 0.3 is 0 Å². The lowest BCUT2D eigenvalue weighted by Crippen LogP contribution is -2.18. The number of aryl methyl sites for hydroxylation is 1. The van der Waals surface area contributed by atoms with E-state index in [1.54, 1.807) is 30.8 Å². The monoisotopic (exact) mass is 406 g/mol. The molecule has 0 saturated carbocycles. The van der Waals surface area contributed by atoms with Crippen molar-refractivity contribution in [2.75, 3.05) is 5.32 Å². The first-order valence-corrected chi connectivity index (χ1v) is 9.81. The quantitative estimate of drug-likeness (QED) is 0.425. The first-order valence-electron chi connectivity index (χ1n) is 8.83. The number of imidazole rings is 1. The Kier molecular flexibility index (Phi) is 5.05. The molecule has 29 heavy (non-hydrogen) atoms. The molecule has 0 aliphatic carbocycles. The number of primary amides is 1. The van der Waals surface area contributed by atoms with E-state index in [0.717, 1.165) is 22.0 Å². The number of aromatic nitrogens is 4. The molecule has 0 atom stereocenters. The summed E-state index contributed by atoms with van der Waals surface area (Å²) in [7, 11) is 0. The molecule has 1 aromatic carbocycles. The summed E-state index contributed by atoms with van der Waals surface area (Å²) in [5.41, 5.74) is 8.53. The number of hydrogen-bond donors (Lipinski definition) is 3. The summed E-state index contributed by atoms with van der Waals surface area (Å²) in [5, 5.41) is 9.17. The molecular weight excluding hydrogens is 388 g/mol. The van der Waals surface area contributed by atoms with Crippen LogP contribution < -0.4 is 11.1 Å². The number of pyridine rings is 1. The highest BCUT2D eigenvalue weighted by Gasteiger charge is 2.18. The fraction of sp³-hybridized carbons (Fsp3) is 0.100. The molecule has 0 spiro atoms. The van der Waals surface area contributed by atoms with Crippen molar-refractivity contribution in [3.8, 4) is 0 Å². The first-order chi connectivity index (χ1) is 14.0. The van der Waals surface area contributed by atoms with Crippen molar-refractivity contribution in [2.24, 2.45) is 5.73 Å². The van der Waals surface area contributed by atoms with Crippen LogP contribution in [-0.4, -0.2) is 31.4 Å². The Balaban J connectivity index is 1.41. The minimum atomic E-state index is -0.705. The molecule has 9 heteroatoms. The van der Waals surface area contributed by atoms with Crippen molar-refractivity contribution in [2.45, 2.75) is 17.6 Å². The number of hydrogen-bond acceptors (Lipinski definition) is 5. The van der Waals surface area contributed by atoms with Gasteiger partial charge in [-0.15, -0.1) is 11.8 Å². The second kappa shape index (κ2) is 7.80. The van der Waals surface area contributed by atoms with Crippen LogP contribution in [0.2, 0.25) is 0 Å². The Hall–Kier alpha value is -3.59. The molecule has 0 aliphatic rings. The summed E-state index contributed by atoms with van der Waals surface area (Å²) in [4.78, 5) is 29.5. The molecule has 0 bridgehead atoms. The molecule has 146 valence electrons. The summed E-state index contributed by atoms with van der Waals surface area (Å²) in [6.45, 7) is 1.70. The Bertz CT molecular complexity index is 1160. The lowest BCUT2D eigenvalue weighted by Gasteiger charge is -2.06. The number of carbonyl (C=O) groups excluding carboxylic acids is 2. The molecule has 0 unspecified atom stereocenters. The maximum absolute atomic E-state index is 12.5. The third-order valence-corrected chi connectivity index (χ3v) is 5.38. The average Bonchev–Trinajstić information content (AvgIpc) is 3.30. The van der Waals surface area contributed by atoms with E-state index in [2.05, 4.69) is 20.5 Å². The first kappa shape index (κ1) is 18.8. The van der Waals surface area contributed by atoms with E-state index < -0.39 is 5.91 Å². The van der Waals surface area contributed by atoms with Crippen molar-refractivity contribution in [1.82, 2.24) is 19.6 Å². The van der Waals surface area contributed by atoms with Crippen LogP contribution >= 0.6 is 11.8 Å². The van der Waals surface area contributed by atoms with Crippen LogP contribution in [0, 0.1) is 6.92 Å². The van der Waals surface area contributed by atoms with Crippen LogP contribution in [0.15, 0.2) is 59.8 Å². The number of anilines is 1. The van der Waals surface area contributed by atoms with Crippen molar-refractivity contribution >= 4 is 34.9 Å². The predicted molar refractivity (Wildman–Crippen MR) is 111 cm³/mol. The van der Waals surface area contributed by atoms with Gasteiger partial charge in [-0.3, -0.25) is 14.7 Å². The van der Waals surface area contributed by atoms with Gasteiger partial charge in [-0.05, 0) is 43.3 Å². The van der Waals surface area contributed by atoms with E-state index in [1.165, 1.54) is 0 Å². The van der Waals surface area contributed by atoms with Gasteiger partial charge in [0.05, 0.1) is 17.1 Å². The second-order valence-electron chi connectivity index (χ2n) is 6.40. The van der Waals surface area contributed by atoms with Crippen LogP contribution in [-0.2, 0) is 5.75 Å². The Morgan fingerprint density at radius 2 is 2.00 bits per heavy atom. The number of nitrogens with two attached hydrogens (primary N) is 1. The zero-order chi connectivity index (χ0) is 20.4. The number of H-pyrrole nitrogens is 1. The number of amides is 2. The molecule has 4 rings (SSSR count).